The summed E-state index contributed by atoms with van der Waals surface area (Å²) in [6, 6.07) is 55.3. The Labute approximate surface area is 392 Å². The van der Waals surface area contributed by atoms with Crippen LogP contribution in [0.25, 0.3) is 81.0 Å². The summed E-state index contributed by atoms with van der Waals surface area (Å²) >= 11 is 1.92. The predicted octanol–water partition coefficient (Wildman–Crippen LogP) is 15.6. The lowest BCUT2D eigenvalue weighted by molar-refractivity contribution is 0.589. The lowest BCUT2D eigenvalue weighted by Gasteiger charge is -2.43. The van der Waals surface area contributed by atoms with Gasteiger partial charge in [-0.05, 0) is 131 Å². The Hall–Kier alpha value is -6.36. The van der Waals surface area contributed by atoms with Gasteiger partial charge in [-0.25, -0.2) is 0 Å². The van der Waals surface area contributed by atoms with Crippen molar-refractivity contribution in [3.8, 4) is 39.1 Å². The molecule has 0 N–H and O–H groups in total. The molecule has 2 aliphatic carbocycles. The molecule has 2 aromatic heterocycles. The molecule has 4 heteroatoms. The number of rotatable bonds is 1. The average Bonchev–Trinajstić information content (AvgIpc) is 3.96. The fourth-order valence-electron chi connectivity index (χ4n) is 12.9. The molecule has 2 aliphatic heterocycles. The molecule has 320 valence electrons. The third-order valence-corrected chi connectivity index (χ3v) is 17.6. The minimum atomic E-state index is -0.161. The van der Waals surface area contributed by atoms with Gasteiger partial charge in [0, 0.05) is 64.4 Å². The first-order valence-corrected chi connectivity index (χ1v) is 24.8. The topological polar surface area (TPSA) is 8.17 Å². The van der Waals surface area contributed by atoms with Crippen LogP contribution in [0.5, 0.6) is 0 Å². The third kappa shape index (κ3) is 4.83. The lowest BCUT2D eigenvalue weighted by atomic mass is 9.43. The number of benzene rings is 8. The van der Waals surface area contributed by atoms with E-state index in [0.29, 0.717) is 0 Å². The average molecular weight is 869 g/mol. The van der Waals surface area contributed by atoms with Gasteiger partial charge < -0.3 is 9.38 Å². The van der Waals surface area contributed by atoms with E-state index in [-0.39, 0.29) is 28.5 Å². The van der Waals surface area contributed by atoms with Crippen LogP contribution in [0.15, 0.2) is 140 Å². The summed E-state index contributed by atoms with van der Waals surface area (Å²) in [5, 5.41) is 5.33. The van der Waals surface area contributed by atoms with Crippen LogP contribution in [-0.2, 0) is 21.7 Å². The molecule has 0 saturated carbocycles. The zero-order chi connectivity index (χ0) is 45.1. The zero-order valence-corrected chi connectivity index (χ0v) is 40.5. The third-order valence-electron chi connectivity index (χ3n) is 16.5. The second-order valence-electron chi connectivity index (χ2n) is 23.0. The van der Waals surface area contributed by atoms with Gasteiger partial charge in [-0.3, -0.25) is 0 Å². The van der Waals surface area contributed by atoms with E-state index in [1.165, 1.54) is 137 Å². The van der Waals surface area contributed by atoms with Crippen LogP contribution < -0.4 is 15.7 Å². The van der Waals surface area contributed by atoms with Crippen molar-refractivity contribution >= 4 is 82.5 Å². The Morgan fingerprint density at radius 3 is 1.86 bits per heavy atom. The van der Waals surface area contributed by atoms with E-state index < -0.39 is 0 Å². The van der Waals surface area contributed by atoms with Gasteiger partial charge in [0.05, 0.1) is 11.0 Å². The molecule has 8 aromatic carbocycles. The van der Waals surface area contributed by atoms with Crippen molar-refractivity contribution in [2.75, 3.05) is 4.81 Å². The molecule has 2 nitrogen and oxygen atoms in total. The quantitative estimate of drug-likeness (QED) is 0.149. The Kier molecular flexibility index (Phi) is 7.27. The van der Waals surface area contributed by atoms with E-state index >= 15 is 0 Å². The SMILES string of the molecule is CC(C)(C)c1ccc(N2B3c4cc5c(cc4-n4c6cc7c(cc6c6ccc(c3c64)-c3cc4c(cc32)C(C)(C)c2ccc(C(C)(C)C)cc2-4)sc2ccccc27)C(C)(C)c2ccccc2-5)cc1. The number of hydrogen-bond donors (Lipinski definition) is 0. The van der Waals surface area contributed by atoms with Crippen molar-refractivity contribution in [3.63, 3.8) is 0 Å². The van der Waals surface area contributed by atoms with E-state index in [1.54, 1.807) is 0 Å². The maximum absolute atomic E-state index is 2.74. The summed E-state index contributed by atoms with van der Waals surface area (Å²) < 4.78 is 5.38. The van der Waals surface area contributed by atoms with Crippen LogP contribution in [0, 0.1) is 0 Å². The summed E-state index contributed by atoms with van der Waals surface area (Å²) in [7, 11) is 0. The number of aromatic nitrogens is 1. The number of hydrogen-bond acceptors (Lipinski definition) is 2. The Bertz CT molecular complexity index is 3840. The van der Waals surface area contributed by atoms with Crippen LogP contribution >= 0.6 is 11.3 Å². The van der Waals surface area contributed by atoms with Crippen molar-refractivity contribution in [1.82, 2.24) is 4.57 Å². The van der Waals surface area contributed by atoms with Gasteiger partial charge >= 0.3 is 6.85 Å². The van der Waals surface area contributed by atoms with Crippen LogP contribution in [0.1, 0.15) is 103 Å². The summed E-state index contributed by atoms with van der Waals surface area (Å²) in [5.74, 6) is 0. The van der Waals surface area contributed by atoms with Crippen LogP contribution in [0.3, 0.4) is 0 Å². The number of nitrogens with zero attached hydrogens (tertiary/aromatic N) is 2. The van der Waals surface area contributed by atoms with Crippen molar-refractivity contribution in [1.29, 1.82) is 0 Å². The Morgan fingerprint density at radius 1 is 0.455 bits per heavy atom. The van der Waals surface area contributed by atoms with Crippen LogP contribution in [-0.4, -0.2) is 11.4 Å². The molecule has 0 amide bonds. The first kappa shape index (κ1) is 38.9. The van der Waals surface area contributed by atoms with Gasteiger partial charge in [-0.1, -0.05) is 160 Å². The highest BCUT2D eigenvalue weighted by Gasteiger charge is 2.48. The summed E-state index contributed by atoms with van der Waals surface area (Å²) in [6.07, 6.45) is 0. The molecule has 14 rings (SSSR count). The van der Waals surface area contributed by atoms with Crippen LogP contribution in [0.4, 0.5) is 11.4 Å². The summed E-state index contributed by atoms with van der Waals surface area (Å²) in [4.78, 5) is 2.74. The Morgan fingerprint density at radius 2 is 1.11 bits per heavy atom. The van der Waals surface area contributed by atoms with Crippen molar-refractivity contribution < 1.29 is 0 Å². The van der Waals surface area contributed by atoms with Gasteiger partial charge in [-0.2, -0.15) is 0 Å². The zero-order valence-electron chi connectivity index (χ0n) is 39.7. The van der Waals surface area contributed by atoms with E-state index in [2.05, 4.69) is 218 Å². The highest BCUT2D eigenvalue weighted by molar-refractivity contribution is 7.25. The molecular formula is C62H53BN2S. The Balaban J connectivity index is 1.14. The molecule has 66 heavy (non-hydrogen) atoms. The molecule has 0 radical (unpaired) electrons. The minimum absolute atomic E-state index is 0.0395. The molecule has 4 heterocycles. The van der Waals surface area contributed by atoms with Gasteiger partial charge in [0.2, 0.25) is 0 Å². The fraction of sp³-hybridized carbons (Fsp3) is 0.226. The number of anilines is 2. The highest BCUT2D eigenvalue weighted by atomic mass is 32.1. The lowest BCUT2D eigenvalue weighted by Crippen LogP contribution is -2.60. The van der Waals surface area contributed by atoms with Crippen molar-refractivity contribution in [2.24, 2.45) is 0 Å². The first-order chi connectivity index (χ1) is 31.5. The summed E-state index contributed by atoms with van der Waals surface area (Å²) in [6.45, 7) is 23.6. The van der Waals surface area contributed by atoms with E-state index in [1.807, 2.05) is 11.3 Å². The van der Waals surface area contributed by atoms with Gasteiger partial charge in [0.1, 0.15) is 0 Å². The highest BCUT2D eigenvalue weighted by Crippen LogP contribution is 2.56. The van der Waals surface area contributed by atoms with Gasteiger partial charge in [-0.15, -0.1) is 11.3 Å². The molecule has 4 aliphatic rings. The molecule has 0 bridgehead atoms. The van der Waals surface area contributed by atoms with Gasteiger partial charge in [0.15, 0.2) is 0 Å². The molecule has 10 aromatic rings. The maximum atomic E-state index is 2.74. The molecule has 0 fully saturated rings. The van der Waals surface area contributed by atoms with Crippen molar-refractivity contribution in [2.45, 2.75) is 90.9 Å². The van der Waals surface area contributed by atoms with Crippen LogP contribution in [0.2, 0.25) is 0 Å². The van der Waals surface area contributed by atoms with E-state index in [0.717, 1.165) is 0 Å². The minimum Gasteiger partial charge on any atom is -0.376 e. The van der Waals surface area contributed by atoms with Gasteiger partial charge in [0.25, 0.3) is 0 Å². The smallest absolute Gasteiger partial charge is 0.333 e. The van der Waals surface area contributed by atoms with E-state index in [9.17, 15) is 0 Å². The molecule has 0 saturated heterocycles. The first-order valence-electron chi connectivity index (χ1n) is 24.0. The number of thiophene rings is 1. The second kappa shape index (κ2) is 12.3. The van der Waals surface area contributed by atoms with Crippen molar-refractivity contribution in [3.05, 3.63) is 173 Å². The fourth-order valence-corrected chi connectivity index (χ4v) is 14.0. The standard InChI is InChI=1S/C62H53BN2S/c1-59(2,3)34-19-22-36(23-20-34)65-53-32-49-42(41-27-35(60(4,5)6)21-26-48(41)62(49,9)10)28-44(53)39-24-25-40-45-31-56-46(38-16-12-14-18-55(38)66-56)30-52(45)64-54-33-50-43(29-51(54)63(65)57(39)58(40)64)37-15-11-13-17-47(37)61(50,7)8/h11-33H,1-10H3. The number of fused-ring (bicyclic) bond motifs is 17. The normalized spacial score (nSPS) is 15.9. The predicted molar refractivity (Wildman–Crippen MR) is 285 cm³/mol. The van der Waals surface area contributed by atoms with E-state index in [4.69, 9.17) is 0 Å². The monoisotopic (exact) mass is 868 g/mol. The molecule has 0 atom stereocenters. The molecule has 0 unspecified atom stereocenters. The second-order valence-corrected chi connectivity index (χ2v) is 24.1. The largest absolute Gasteiger partial charge is 0.376 e. The molecule has 0 spiro atoms. The maximum Gasteiger partial charge on any atom is 0.333 e. The summed E-state index contributed by atoms with van der Waals surface area (Å²) in [5.41, 5.74) is 25.5. The molecular weight excluding hydrogens is 816 g/mol.